The zero-order valence-electron chi connectivity index (χ0n) is 4.98. The molecule has 0 N–H and O–H groups in total. The van der Waals surface area contributed by atoms with Crippen LogP contribution in [0.4, 0.5) is 0 Å². The molecule has 0 spiro atoms. The Hall–Kier alpha value is -0.0400. The molecule has 1 aliphatic rings. The third-order valence-corrected chi connectivity index (χ3v) is 1.65. The minimum Gasteiger partial charge on any atom is -0.304 e. The summed E-state index contributed by atoms with van der Waals surface area (Å²) in [5.74, 6) is 0. The molecule has 0 aromatic rings. The first-order valence-electron chi connectivity index (χ1n) is 3.16. The van der Waals surface area contributed by atoms with Crippen LogP contribution >= 0.6 is 0 Å². The molecule has 1 saturated heterocycles. The van der Waals surface area contributed by atoms with E-state index in [1.54, 1.807) is 0 Å². The van der Waals surface area contributed by atoms with Crippen LogP contribution in [0.2, 0.25) is 0 Å². The van der Waals surface area contributed by atoms with Crippen LogP contribution in [0.15, 0.2) is 0 Å². The van der Waals surface area contributed by atoms with E-state index in [2.05, 4.69) is 11.8 Å². The normalized spacial score (nSPS) is 20.6. The summed E-state index contributed by atoms with van der Waals surface area (Å²) in [4.78, 5) is 2.49. The quantitative estimate of drug-likeness (QED) is 0.503. The van der Waals surface area contributed by atoms with Gasteiger partial charge in [0, 0.05) is 0 Å². The van der Waals surface area contributed by atoms with Crippen molar-refractivity contribution >= 4 is 0 Å². The highest BCUT2D eigenvalue weighted by Crippen LogP contribution is 2.04. The molecule has 0 unspecified atom stereocenters. The molecule has 0 aromatic heterocycles. The predicted molar refractivity (Wildman–Crippen MR) is 38.1 cm³/mol. The maximum atomic E-state index is 2.49. The maximum absolute atomic E-state index is 2.49. The minimum absolute atomic E-state index is 0. The van der Waals surface area contributed by atoms with Crippen molar-refractivity contribution in [1.29, 1.82) is 0 Å². The smallest absolute Gasteiger partial charge is 0.00184 e. The summed E-state index contributed by atoms with van der Waals surface area (Å²) < 4.78 is 0. The van der Waals surface area contributed by atoms with Crippen LogP contribution in [-0.2, 0) is 0 Å². The van der Waals surface area contributed by atoms with Gasteiger partial charge in [0.25, 0.3) is 0 Å². The van der Waals surface area contributed by atoms with Gasteiger partial charge in [0.15, 0.2) is 0 Å². The zero-order chi connectivity index (χ0) is 5.11. The molecule has 50 valence electrons. The monoisotopic (exact) mass is 115 g/mol. The molecule has 0 amide bonds. The molecular weight excluding hydrogens is 98.1 g/mol. The van der Waals surface area contributed by atoms with Gasteiger partial charge in [-0.25, -0.2) is 0 Å². The van der Waals surface area contributed by atoms with Gasteiger partial charge in [-0.15, -0.1) is 0 Å². The molecule has 1 rings (SSSR count). The Morgan fingerprint density at radius 2 is 1.75 bits per heavy atom. The van der Waals surface area contributed by atoms with Gasteiger partial charge in [0.2, 0.25) is 0 Å². The first-order valence-corrected chi connectivity index (χ1v) is 3.16. The van der Waals surface area contributed by atoms with Gasteiger partial charge in [-0.3, -0.25) is 0 Å². The standard InChI is InChI=1S/C6H13N.CH4/c1-2-7-5-3-4-6-7;/h2-6H2,1H3;1H4. The van der Waals surface area contributed by atoms with Gasteiger partial charge >= 0.3 is 0 Å². The largest absolute Gasteiger partial charge is 0.304 e. The van der Waals surface area contributed by atoms with E-state index in [0.717, 1.165) is 0 Å². The molecule has 0 bridgehead atoms. The third-order valence-electron chi connectivity index (χ3n) is 1.65. The fraction of sp³-hybridized carbons (Fsp3) is 1.00. The van der Waals surface area contributed by atoms with Gasteiger partial charge in [-0.2, -0.15) is 0 Å². The second kappa shape index (κ2) is 3.90. The van der Waals surface area contributed by atoms with E-state index >= 15 is 0 Å². The van der Waals surface area contributed by atoms with Gasteiger partial charge in [-0.05, 0) is 32.5 Å². The topological polar surface area (TPSA) is 3.24 Å². The van der Waals surface area contributed by atoms with E-state index in [4.69, 9.17) is 0 Å². The second-order valence-corrected chi connectivity index (χ2v) is 2.14. The Morgan fingerprint density at radius 3 is 2.00 bits per heavy atom. The maximum Gasteiger partial charge on any atom is -0.00184 e. The fourth-order valence-electron chi connectivity index (χ4n) is 1.10. The zero-order valence-corrected chi connectivity index (χ0v) is 4.98. The van der Waals surface area contributed by atoms with Gasteiger partial charge in [0.05, 0.1) is 0 Å². The van der Waals surface area contributed by atoms with Gasteiger partial charge < -0.3 is 4.90 Å². The summed E-state index contributed by atoms with van der Waals surface area (Å²) >= 11 is 0. The molecule has 0 radical (unpaired) electrons. The second-order valence-electron chi connectivity index (χ2n) is 2.14. The summed E-state index contributed by atoms with van der Waals surface area (Å²) in [6.45, 7) is 6.16. The number of rotatable bonds is 1. The highest BCUT2D eigenvalue weighted by Gasteiger charge is 2.06. The molecule has 1 heteroatoms. The Kier molecular flexibility index (Phi) is 3.88. The lowest BCUT2D eigenvalue weighted by Gasteiger charge is -2.08. The van der Waals surface area contributed by atoms with Crippen LogP contribution in [0, 0.1) is 0 Å². The van der Waals surface area contributed by atoms with E-state index in [1.165, 1.54) is 32.5 Å². The van der Waals surface area contributed by atoms with Crippen molar-refractivity contribution in [3.8, 4) is 0 Å². The van der Waals surface area contributed by atoms with E-state index in [9.17, 15) is 0 Å². The van der Waals surface area contributed by atoms with Crippen molar-refractivity contribution in [2.45, 2.75) is 27.2 Å². The molecule has 1 heterocycles. The molecule has 0 atom stereocenters. The lowest BCUT2D eigenvalue weighted by atomic mass is 10.4. The summed E-state index contributed by atoms with van der Waals surface area (Å²) in [5.41, 5.74) is 0. The molecular formula is C7H17N. The van der Waals surface area contributed by atoms with Crippen molar-refractivity contribution in [3.05, 3.63) is 0 Å². The average molecular weight is 115 g/mol. The molecule has 1 aliphatic heterocycles. The average Bonchev–Trinajstić information content (AvgIpc) is 2.14. The van der Waals surface area contributed by atoms with Crippen molar-refractivity contribution < 1.29 is 0 Å². The Balaban J connectivity index is 0.000000490. The molecule has 0 aromatic carbocycles. The van der Waals surface area contributed by atoms with E-state index in [1.807, 2.05) is 0 Å². The van der Waals surface area contributed by atoms with Crippen LogP contribution in [-0.4, -0.2) is 24.5 Å². The van der Waals surface area contributed by atoms with Crippen molar-refractivity contribution in [3.63, 3.8) is 0 Å². The fourth-order valence-corrected chi connectivity index (χ4v) is 1.10. The molecule has 8 heavy (non-hydrogen) atoms. The van der Waals surface area contributed by atoms with Gasteiger partial charge in [0.1, 0.15) is 0 Å². The molecule has 1 fully saturated rings. The van der Waals surface area contributed by atoms with E-state index in [-0.39, 0.29) is 7.43 Å². The summed E-state index contributed by atoms with van der Waals surface area (Å²) in [7, 11) is 0. The highest BCUT2D eigenvalue weighted by atomic mass is 15.1. The van der Waals surface area contributed by atoms with Crippen LogP contribution < -0.4 is 0 Å². The third kappa shape index (κ3) is 1.83. The minimum atomic E-state index is 0. The first-order chi connectivity index (χ1) is 3.43. The summed E-state index contributed by atoms with van der Waals surface area (Å²) in [5, 5.41) is 0. The Bertz CT molecular complexity index is 46.3. The highest BCUT2D eigenvalue weighted by molar-refractivity contribution is 4.62. The lowest BCUT2D eigenvalue weighted by molar-refractivity contribution is 0.359. The summed E-state index contributed by atoms with van der Waals surface area (Å²) in [6.07, 6.45) is 2.85. The molecule has 1 nitrogen and oxygen atoms in total. The Morgan fingerprint density at radius 1 is 1.25 bits per heavy atom. The SMILES string of the molecule is C.CCN1CCCC1. The molecule has 0 saturated carbocycles. The van der Waals surface area contributed by atoms with Crippen molar-refractivity contribution in [2.24, 2.45) is 0 Å². The van der Waals surface area contributed by atoms with E-state index < -0.39 is 0 Å². The van der Waals surface area contributed by atoms with Gasteiger partial charge in [-0.1, -0.05) is 14.4 Å². The van der Waals surface area contributed by atoms with Crippen LogP contribution in [0.3, 0.4) is 0 Å². The first kappa shape index (κ1) is 7.96. The van der Waals surface area contributed by atoms with Crippen LogP contribution in [0.1, 0.15) is 27.2 Å². The molecule has 0 aliphatic carbocycles. The lowest BCUT2D eigenvalue weighted by Crippen LogP contribution is -2.17. The number of hydrogen-bond acceptors (Lipinski definition) is 1. The van der Waals surface area contributed by atoms with Crippen LogP contribution in [0.5, 0.6) is 0 Å². The van der Waals surface area contributed by atoms with E-state index in [0.29, 0.717) is 0 Å². The van der Waals surface area contributed by atoms with Crippen molar-refractivity contribution in [1.82, 2.24) is 4.90 Å². The summed E-state index contributed by atoms with van der Waals surface area (Å²) in [6, 6.07) is 0. The number of nitrogens with zero attached hydrogens (tertiary/aromatic N) is 1. The number of hydrogen-bond donors (Lipinski definition) is 0. The predicted octanol–water partition coefficient (Wildman–Crippen LogP) is 1.74. The van der Waals surface area contributed by atoms with Crippen molar-refractivity contribution in [2.75, 3.05) is 19.6 Å². The Labute approximate surface area is 52.7 Å². The number of likely N-dealkylation sites (tertiary alicyclic amines) is 1. The van der Waals surface area contributed by atoms with Crippen LogP contribution in [0.25, 0.3) is 0 Å².